The van der Waals surface area contributed by atoms with E-state index in [1.54, 1.807) is 14.2 Å². The summed E-state index contributed by atoms with van der Waals surface area (Å²) < 4.78 is 9.76. The smallest absolute Gasteiger partial charge is 0.222 e. The molecule has 5 heteroatoms. The van der Waals surface area contributed by atoms with E-state index in [1.807, 2.05) is 6.92 Å². The summed E-state index contributed by atoms with van der Waals surface area (Å²) in [5.41, 5.74) is 0. The molecule has 0 radical (unpaired) electrons. The summed E-state index contributed by atoms with van der Waals surface area (Å²) in [6.07, 6.45) is -0.194. The number of carbonyl (C=O) groups is 1. The molecule has 1 N–H and O–H groups in total. The van der Waals surface area contributed by atoms with Crippen LogP contribution in [0.3, 0.4) is 0 Å². The summed E-state index contributed by atoms with van der Waals surface area (Å²) in [6.45, 7) is 3.07. The molecule has 2 atom stereocenters. The van der Waals surface area contributed by atoms with Crippen LogP contribution >= 0.6 is 0 Å². The lowest BCUT2D eigenvalue weighted by Crippen LogP contribution is -2.37. The maximum atomic E-state index is 11.7. The van der Waals surface area contributed by atoms with E-state index < -0.39 is 6.10 Å². The van der Waals surface area contributed by atoms with Crippen molar-refractivity contribution in [3.05, 3.63) is 0 Å². The van der Waals surface area contributed by atoms with Crippen molar-refractivity contribution in [1.82, 2.24) is 4.90 Å². The van der Waals surface area contributed by atoms with Crippen molar-refractivity contribution >= 4 is 5.91 Å². The number of aliphatic hydroxyl groups excluding tert-OH is 1. The zero-order valence-corrected chi connectivity index (χ0v) is 10.6. The van der Waals surface area contributed by atoms with Crippen LogP contribution in [0.25, 0.3) is 0 Å². The molecular formula is C11H23NO4. The van der Waals surface area contributed by atoms with Crippen molar-refractivity contribution in [2.24, 2.45) is 5.92 Å². The molecule has 0 saturated heterocycles. The zero-order valence-electron chi connectivity index (χ0n) is 10.6. The molecular weight excluding hydrogens is 210 g/mol. The Morgan fingerprint density at radius 3 is 2.38 bits per heavy atom. The fourth-order valence-electron chi connectivity index (χ4n) is 1.46. The average Bonchev–Trinajstić information content (AvgIpc) is 2.17. The molecule has 0 aromatic heterocycles. The summed E-state index contributed by atoms with van der Waals surface area (Å²) in [5.74, 6) is 0.208. The first-order chi connectivity index (χ1) is 7.51. The highest BCUT2D eigenvalue weighted by atomic mass is 16.5. The maximum Gasteiger partial charge on any atom is 0.222 e. The minimum atomic E-state index is -0.628. The summed E-state index contributed by atoms with van der Waals surface area (Å²) in [5, 5.41) is 9.46. The van der Waals surface area contributed by atoms with Crippen molar-refractivity contribution in [3.8, 4) is 0 Å². The van der Waals surface area contributed by atoms with Gasteiger partial charge in [0.2, 0.25) is 5.91 Å². The predicted octanol–water partition coefficient (Wildman–Crippen LogP) is 0.125. The van der Waals surface area contributed by atoms with Gasteiger partial charge < -0.3 is 19.5 Å². The van der Waals surface area contributed by atoms with Crippen LogP contribution < -0.4 is 0 Å². The molecule has 0 aromatic carbocycles. The van der Waals surface area contributed by atoms with E-state index in [9.17, 15) is 9.90 Å². The third kappa shape index (κ3) is 6.76. The number of amides is 1. The van der Waals surface area contributed by atoms with Crippen molar-refractivity contribution in [3.63, 3.8) is 0 Å². The molecule has 0 saturated carbocycles. The van der Waals surface area contributed by atoms with E-state index in [2.05, 4.69) is 0 Å². The van der Waals surface area contributed by atoms with Gasteiger partial charge in [0, 0.05) is 40.8 Å². The van der Waals surface area contributed by atoms with Gasteiger partial charge in [-0.25, -0.2) is 0 Å². The summed E-state index contributed by atoms with van der Waals surface area (Å²) >= 11 is 0. The fraction of sp³-hybridized carbons (Fsp3) is 0.909. The van der Waals surface area contributed by atoms with Gasteiger partial charge in [-0.1, -0.05) is 6.92 Å². The second kappa shape index (κ2) is 8.50. The molecule has 5 nitrogen and oxygen atoms in total. The lowest BCUT2D eigenvalue weighted by Gasteiger charge is -2.22. The molecule has 0 aliphatic rings. The van der Waals surface area contributed by atoms with Crippen molar-refractivity contribution in [2.75, 3.05) is 41.0 Å². The second-order valence-corrected chi connectivity index (χ2v) is 4.15. The van der Waals surface area contributed by atoms with Gasteiger partial charge >= 0.3 is 0 Å². The zero-order chi connectivity index (χ0) is 12.6. The SMILES string of the molecule is COCC(C)CC(=O)N(C)CC(O)COC. The molecule has 0 aromatic rings. The van der Waals surface area contributed by atoms with Crippen LogP contribution in [-0.4, -0.2) is 63.0 Å². The van der Waals surface area contributed by atoms with Crippen LogP contribution in [0.4, 0.5) is 0 Å². The number of carbonyl (C=O) groups excluding carboxylic acids is 1. The minimum absolute atomic E-state index is 0.0136. The van der Waals surface area contributed by atoms with E-state index in [1.165, 1.54) is 12.0 Å². The first-order valence-corrected chi connectivity index (χ1v) is 5.41. The number of ether oxygens (including phenoxy) is 2. The van der Waals surface area contributed by atoms with Gasteiger partial charge in [-0.3, -0.25) is 4.79 Å². The minimum Gasteiger partial charge on any atom is -0.389 e. The Morgan fingerprint density at radius 2 is 1.88 bits per heavy atom. The number of nitrogens with zero attached hydrogens (tertiary/aromatic N) is 1. The predicted molar refractivity (Wildman–Crippen MR) is 61.2 cm³/mol. The first-order valence-electron chi connectivity index (χ1n) is 5.41. The van der Waals surface area contributed by atoms with E-state index in [4.69, 9.17) is 9.47 Å². The number of hydrogen-bond acceptors (Lipinski definition) is 4. The van der Waals surface area contributed by atoms with E-state index >= 15 is 0 Å². The van der Waals surface area contributed by atoms with Crippen LogP contribution in [0, 0.1) is 5.92 Å². The Morgan fingerprint density at radius 1 is 1.31 bits per heavy atom. The maximum absolute atomic E-state index is 11.7. The largest absolute Gasteiger partial charge is 0.389 e. The van der Waals surface area contributed by atoms with E-state index in [0.29, 0.717) is 19.6 Å². The van der Waals surface area contributed by atoms with Gasteiger partial charge in [-0.05, 0) is 5.92 Å². The van der Waals surface area contributed by atoms with Crippen LogP contribution in [0.1, 0.15) is 13.3 Å². The number of rotatable bonds is 8. The van der Waals surface area contributed by atoms with Crippen molar-refractivity contribution in [2.45, 2.75) is 19.4 Å². The quantitative estimate of drug-likeness (QED) is 0.647. The standard InChI is InChI=1S/C11H23NO4/c1-9(7-15-3)5-11(14)12(2)6-10(13)8-16-4/h9-10,13H,5-8H2,1-4H3. The third-order valence-corrected chi connectivity index (χ3v) is 2.24. The topological polar surface area (TPSA) is 59.0 Å². The van der Waals surface area contributed by atoms with Crippen LogP contribution in [0.15, 0.2) is 0 Å². The number of hydrogen-bond donors (Lipinski definition) is 1. The molecule has 0 aliphatic heterocycles. The molecule has 0 bridgehead atoms. The Labute approximate surface area is 97.3 Å². The van der Waals surface area contributed by atoms with Gasteiger partial charge in [-0.15, -0.1) is 0 Å². The first kappa shape index (κ1) is 15.3. The highest BCUT2D eigenvalue weighted by molar-refractivity contribution is 5.76. The van der Waals surface area contributed by atoms with Crippen LogP contribution in [-0.2, 0) is 14.3 Å². The van der Waals surface area contributed by atoms with Crippen molar-refractivity contribution < 1.29 is 19.4 Å². The molecule has 16 heavy (non-hydrogen) atoms. The van der Waals surface area contributed by atoms with Gasteiger partial charge in [0.25, 0.3) is 0 Å². The molecule has 0 aliphatic carbocycles. The fourth-order valence-corrected chi connectivity index (χ4v) is 1.46. The van der Waals surface area contributed by atoms with Gasteiger partial charge in [-0.2, -0.15) is 0 Å². The molecule has 96 valence electrons. The van der Waals surface area contributed by atoms with Crippen molar-refractivity contribution in [1.29, 1.82) is 0 Å². The third-order valence-electron chi connectivity index (χ3n) is 2.24. The molecule has 1 amide bonds. The molecule has 2 unspecified atom stereocenters. The van der Waals surface area contributed by atoms with Gasteiger partial charge in [0.05, 0.1) is 12.7 Å². The lowest BCUT2D eigenvalue weighted by atomic mass is 10.1. The summed E-state index contributed by atoms with van der Waals surface area (Å²) in [6, 6.07) is 0. The normalized spacial score (nSPS) is 14.6. The Bertz CT molecular complexity index is 198. The van der Waals surface area contributed by atoms with Crippen LogP contribution in [0.5, 0.6) is 0 Å². The number of methoxy groups -OCH3 is 2. The van der Waals surface area contributed by atoms with Gasteiger partial charge in [0.1, 0.15) is 0 Å². The Hall–Kier alpha value is -0.650. The van der Waals surface area contributed by atoms with Crippen LogP contribution in [0.2, 0.25) is 0 Å². The monoisotopic (exact) mass is 233 g/mol. The average molecular weight is 233 g/mol. The highest BCUT2D eigenvalue weighted by Crippen LogP contribution is 2.05. The summed E-state index contributed by atoms with van der Waals surface area (Å²) in [7, 11) is 4.82. The Balaban J connectivity index is 3.89. The molecule has 0 rings (SSSR count). The lowest BCUT2D eigenvalue weighted by molar-refractivity contribution is -0.132. The Kier molecular flexibility index (Phi) is 8.15. The molecule has 0 heterocycles. The highest BCUT2D eigenvalue weighted by Gasteiger charge is 2.16. The van der Waals surface area contributed by atoms with E-state index in [0.717, 1.165) is 0 Å². The summed E-state index contributed by atoms with van der Waals surface area (Å²) in [4.78, 5) is 13.2. The second-order valence-electron chi connectivity index (χ2n) is 4.15. The van der Waals surface area contributed by atoms with Gasteiger partial charge in [0.15, 0.2) is 0 Å². The molecule has 0 spiro atoms. The number of aliphatic hydroxyl groups is 1. The number of likely N-dealkylation sites (N-methyl/N-ethyl adjacent to an activating group) is 1. The van der Waals surface area contributed by atoms with E-state index in [-0.39, 0.29) is 18.4 Å². The molecule has 0 fully saturated rings.